The molecule has 1 aromatic carbocycles. The average Bonchev–Trinajstić information content (AvgIpc) is 2.43. The van der Waals surface area contributed by atoms with Crippen LogP contribution in [0, 0.1) is 11.8 Å². The third-order valence-corrected chi connectivity index (χ3v) is 4.61. The fraction of sp³-hybridized carbons (Fsp3) is 0.533. The summed E-state index contributed by atoms with van der Waals surface area (Å²) in [7, 11) is -4.38. The van der Waals surface area contributed by atoms with Crippen LogP contribution in [0.4, 0.5) is 0 Å². The number of aliphatic imine (C=N–C) groups is 1. The minimum Gasteiger partial charge on any atom is -0.862 e. The van der Waals surface area contributed by atoms with E-state index >= 15 is 0 Å². The van der Waals surface area contributed by atoms with Crippen LogP contribution < -0.4 is 34.7 Å². The van der Waals surface area contributed by atoms with Crippen LogP contribution in [0.2, 0.25) is 0 Å². The second-order valence-electron chi connectivity index (χ2n) is 5.64. The van der Waals surface area contributed by atoms with Gasteiger partial charge in [0.25, 0.3) is 10.1 Å². The van der Waals surface area contributed by atoms with Crippen LogP contribution in [0.5, 0.6) is 0 Å². The fourth-order valence-electron chi connectivity index (χ4n) is 2.02. The Kier molecular flexibility index (Phi) is 10.7. The summed E-state index contributed by atoms with van der Waals surface area (Å²) >= 11 is 4.16. The van der Waals surface area contributed by atoms with Gasteiger partial charge in [0, 0.05) is 0 Å². The van der Waals surface area contributed by atoms with E-state index in [0.717, 1.165) is 5.56 Å². The molecule has 0 fully saturated rings. The number of hydrogen-bond acceptors (Lipinski definition) is 5. The molecule has 8 heteroatoms. The van der Waals surface area contributed by atoms with Crippen molar-refractivity contribution in [3.05, 3.63) is 35.9 Å². The van der Waals surface area contributed by atoms with E-state index in [9.17, 15) is 18.1 Å². The van der Waals surface area contributed by atoms with E-state index in [-0.39, 0.29) is 47.6 Å². The van der Waals surface area contributed by atoms with Gasteiger partial charge in [0.05, 0.1) is 0 Å². The fourth-order valence-corrected chi connectivity index (χ4v) is 3.17. The third-order valence-electron chi connectivity index (χ3n) is 3.18. The molecule has 0 aromatic heterocycles. The molecule has 2 atom stereocenters. The topological polar surface area (TPSA) is 89.8 Å². The zero-order chi connectivity index (χ0) is 16.8. The first-order valence-electron chi connectivity index (χ1n) is 7.09. The van der Waals surface area contributed by atoms with E-state index in [0.29, 0.717) is 6.42 Å². The maximum absolute atomic E-state index is 12.2. The van der Waals surface area contributed by atoms with Crippen molar-refractivity contribution in [1.29, 1.82) is 0 Å². The molecule has 0 radical (unpaired) electrons. The molecular weight excluding hydrogens is 345 g/mol. The van der Waals surface area contributed by atoms with Gasteiger partial charge in [-0.25, -0.2) is 0 Å². The minimum atomic E-state index is -4.38. The van der Waals surface area contributed by atoms with Crippen LogP contribution >= 0.6 is 12.6 Å². The quantitative estimate of drug-likeness (QED) is 0.199. The van der Waals surface area contributed by atoms with Gasteiger partial charge in [-0.05, 0) is 41.9 Å². The zero-order valence-electron chi connectivity index (χ0n) is 13.7. The van der Waals surface area contributed by atoms with Gasteiger partial charge in [0.15, 0.2) is 5.37 Å². The zero-order valence-corrected chi connectivity index (χ0v) is 17.4. The summed E-state index contributed by atoms with van der Waals surface area (Å²) in [5.41, 5.74) is 0.956. The van der Waals surface area contributed by atoms with Gasteiger partial charge in [-0.3, -0.25) is 9.55 Å². The number of benzene rings is 1. The van der Waals surface area contributed by atoms with Crippen molar-refractivity contribution in [2.24, 2.45) is 16.8 Å². The van der Waals surface area contributed by atoms with E-state index in [1.807, 2.05) is 30.3 Å². The second kappa shape index (κ2) is 10.7. The Hall–Kier alpha value is -0.0500. The Balaban J connectivity index is 0.00000484. The van der Waals surface area contributed by atoms with E-state index in [1.165, 1.54) is 0 Å². The molecule has 0 heterocycles. The molecule has 1 rings (SSSR count). The number of rotatable bonds is 8. The number of nitrogens with zero attached hydrogens (tertiary/aromatic N) is 1. The molecule has 5 nitrogen and oxygen atoms in total. The maximum atomic E-state index is 12.2. The average molecular weight is 367 g/mol. The van der Waals surface area contributed by atoms with Crippen molar-refractivity contribution in [2.75, 3.05) is 5.75 Å². The molecule has 23 heavy (non-hydrogen) atoms. The van der Waals surface area contributed by atoms with Gasteiger partial charge in [0.2, 0.25) is 0 Å². The third kappa shape index (κ3) is 8.56. The molecule has 124 valence electrons. The number of thiol groups is 1. The molecule has 1 N–H and O–H groups in total. The van der Waals surface area contributed by atoms with Crippen molar-refractivity contribution in [3.8, 4) is 0 Å². The van der Waals surface area contributed by atoms with Crippen molar-refractivity contribution >= 4 is 28.6 Å². The van der Waals surface area contributed by atoms with Gasteiger partial charge in [-0.15, -0.1) is 0 Å². The van der Waals surface area contributed by atoms with Gasteiger partial charge in [-0.2, -0.15) is 21.0 Å². The summed E-state index contributed by atoms with van der Waals surface area (Å²) in [5.74, 6) is -0.798. The summed E-state index contributed by atoms with van der Waals surface area (Å²) in [6, 6.07) is 9.39. The Morgan fingerprint density at radius 2 is 1.87 bits per heavy atom. The molecule has 0 aliphatic carbocycles. The van der Waals surface area contributed by atoms with Crippen molar-refractivity contribution < 1.29 is 47.6 Å². The van der Waals surface area contributed by atoms with Crippen molar-refractivity contribution in [3.63, 3.8) is 0 Å². The summed E-state index contributed by atoms with van der Waals surface area (Å²) < 4.78 is 32.0. The predicted molar refractivity (Wildman–Crippen MR) is 89.7 cm³/mol. The Bertz CT molecular complexity index is 591. The van der Waals surface area contributed by atoms with Crippen LogP contribution in [0.1, 0.15) is 25.8 Å². The Morgan fingerprint density at radius 1 is 1.30 bits per heavy atom. The second-order valence-corrected chi connectivity index (χ2v) is 7.57. The summed E-state index contributed by atoms with van der Waals surface area (Å²) in [4.78, 5) is 3.73. The van der Waals surface area contributed by atoms with E-state index < -0.39 is 27.3 Å². The van der Waals surface area contributed by atoms with Crippen molar-refractivity contribution in [1.82, 2.24) is 0 Å². The van der Waals surface area contributed by atoms with Crippen LogP contribution in [0.3, 0.4) is 0 Å². The first kappa shape index (κ1) is 22.9. The van der Waals surface area contributed by atoms with Crippen molar-refractivity contribution in [2.45, 2.75) is 32.1 Å². The molecule has 0 saturated heterocycles. The Labute approximate surface area is 166 Å². The molecule has 0 spiro atoms. The number of hydrogen-bond donors (Lipinski definition) is 2. The molecule has 0 saturated carbocycles. The van der Waals surface area contributed by atoms with E-state index in [2.05, 4.69) is 17.6 Å². The molecule has 0 aliphatic rings. The van der Waals surface area contributed by atoms with Gasteiger partial charge in [0.1, 0.15) is 0 Å². The Morgan fingerprint density at radius 3 is 2.30 bits per heavy atom. The molecule has 2 unspecified atom stereocenters. The summed E-state index contributed by atoms with van der Waals surface area (Å²) in [5, 5.41) is 10.8. The largest absolute Gasteiger partial charge is 1.00 e. The van der Waals surface area contributed by atoms with Gasteiger partial charge in [-0.1, -0.05) is 44.2 Å². The smallest absolute Gasteiger partial charge is 0.862 e. The maximum Gasteiger partial charge on any atom is 1.00 e. The first-order chi connectivity index (χ1) is 10.2. The van der Waals surface area contributed by atoms with Gasteiger partial charge < -0.3 is 5.11 Å². The van der Waals surface area contributed by atoms with Crippen LogP contribution in [-0.2, 0) is 16.5 Å². The van der Waals surface area contributed by atoms with E-state index in [4.69, 9.17) is 0 Å². The molecular formula is C15H22NNaO4S2. The molecule has 0 bridgehead atoms. The standard InChI is InChI=1S/C15H23NO4S2.Na/c1-11(2)8-14(22(18,19)20)16-15(17)13(10-21)9-12-6-4-3-5-7-12;/h3-7,11,13-14,21H,8-10H2,1-2H3,(H,16,17)(H,18,19,20);/q;+1/p-1. The molecule has 0 aliphatic heterocycles. The summed E-state index contributed by atoms with van der Waals surface area (Å²) in [6.45, 7) is 3.61. The van der Waals surface area contributed by atoms with Crippen LogP contribution in [0.25, 0.3) is 0 Å². The predicted octanol–water partition coefficient (Wildman–Crippen LogP) is -1.20. The normalized spacial score (nSPS) is 15.1. The minimum absolute atomic E-state index is 0. The molecule has 0 amide bonds. The van der Waals surface area contributed by atoms with Crippen LogP contribution in [0.15, 0.2) is 35.3 Å². The van der Waals surface area contributed by atoms with Gasteiger partial charge >= 0.3 is 29.6 Å². The SMILES string of the molecule is CC(C)CC(N=C([O-])C(CS)Cc1ccccc1)S(=O)(=O)O.[Na+]. The monoisotopic (exact) mass is 367 g/mol. The summed E-state index contributed by atoms with van der Waals surface area (Å²) in [6.07, 6.45) is 0.543. The van der Waals surface area contributed by atoms with E-state index in [1.54, 1.807) is 13.8 Å². The van der Waals surface area contributed by atoms with Crippen LogP contribution in [-0.4, -0.2) is 30.0 Å². The first-order valence-corrected chi connectivity index (χ1v) is 9.23. The molecule has 1 aromatic rings.